The molecule has 1 atom stereocenters. The lowest BCUT2D eigenvalue weighted by molar-refractivity contribution is 0.122. The Morgan fingerprint density at radius 1 is 1.33 bits per heavy atom. The number of hydrogen-bond acceptors (Lipinski definition) is 6. The van der Waals surface area contributed by atoms with Gasteiger partial charge >= 0.3 is 0 Å². The number of fused-ring (bicyclic) bond motifs is 1. The number of hydrogen-bond donors (Lipinski definition) is 2. The molecule has 2 aliphatic heterocycles. The van der Waals surface area contributed by atoms with Crippen molar-refractivity contribution in [3.63, 3.8) is 0 Å². The SMILES string of the molecule is COCC1(CNS(=O)(=O)c2cc3c(cc2Cl)OCCO3)CCCN1. The van der Waals surface area contributed by atoms with Crippen molar-refractivity contribution in [2.45, 2.75) is 23.3 Å². The van der Waals surface area contributed by atoms with Crippen LogP contribution in [0.4, 0.5) is 0 Å². The van der Waals surface area contributed by atoms with Crippen molar-refractivity contribution in [1.82, 2.24) is 10.0 Å². The van der Waals surface area contributed by atoms with E-state index in [1.165, 1.54) is 12.1 Å². The molecular weight excluding hydrogens is 356 g/mol. The Morgan fingerprint density at radius 3 is 2.67 bits per heavy atom. The van der Waals surface area contributed by atoms with Crippen LogP contribution in [-0.2, 0) is 14.8 Å². The van der Waals surface area contributed by atoms with Gasteiger partial charge in [0.15, 0.2) is 11.5 Å². The monoisotopic (exact) mass is 376 g/mol. The second-order valence-corrected chi connectivity index (χ2v) is 8.14. The van der Waals surface area contributed by atoms with Gasteiger partial charge in [-0.25, -0.2) is 13.1 Å². The minimum Gasteiger partial charge on any atom is -0.486 e. The second-order valence-electron chi connectivity index (χ2n) is 5.99. The van der Waals surface area contributed by atoms with E-state index >= 15 is 0 Å². The van der Waals surface area contributed by atoms with Crippen molar-refractivity contribution >= 4 is 21.6 Å². The van der Waals surface area contributed by atoms with Gasteiger partial charge in [-0.15, -0.1) is 0 Å². The van der Waals surface area contributed by atoms with Crippen molar-refractivity contribution in [2.24, 2.45) is 0 Å². The molecule has 24 heavy (non-hydrogen) atoms. The normalized spacial score (nSPS) is 23.4. The molecule has 1 aromatic rings. The van der Waals surface area contributed by atoms with E-state index in [-0.39, 0.29) is 22.0 Å². The highest BCUT2D eigenvalue weighted by Gasteiger charge is 2.35. The molecule has 2 aliphatic rings. The first-order chi connectivity index (χ1) is 11.5. The topological polar surface area (TPSA) is 85.9 Å². The van der Waals surface area contributed by atoms with E-state index in [2.05, 4.69) is 10.0 Å². The van der Waals surface area contributed by atoms with Crippen molar-refractivity contribution < 1.29 is 22.6 Å². The van der Waals surface area contributed by atoms with E-state index < -0.39 is 10.0 Å². The third-order valence-electron chi connectivity index (χ3n) is 4.24. The first kappa shape index (κ1) is 17.8. The number of sulfonamides is 1. The average molecular weight is 377 g/mol. The molecule has 9 heteroatoms. The van der Waals surface area contributed by atoms with Gasteiger partial charge in [0.05, 0.1) is 17.2 Å². The van der Waals surface area contributed by atoms with Crippen LogP contribution in [0, 0.1) is 0 Å². The largest absolute Gasteiger partial charge is 0.486 e. The standard InChI is InChI=1S/C15H21ClN2O5S/c1-21-10-15(3-2-4-17-15)9-18-24(19,20)14-8-13-12(7-11(14)16)22-5-6-23-13/h7-8,17-18H,2-6,9-10H2,1H3. The summed E-state index contributed by atoms with van der Waals surface area (Å²) in [6, 6.07) is 2.88. The lowest BCUT2D eigenvalue weighted by atomic mass is 9.99. The molecule has 0 aliphatic carbocycles. The zero-order valence-electron chi connectivity index (χ0n) is 13.4. The summed E-state index contributed by atoms with van der Waals surface area (Å²) in [7, 11) is -2.18. The van der Waals surface area contributed by atoms with Crippen LogP contribution in [0.25, 0.3) is 0 Å². The van der Waals surface area contributed by atoms with Crippen molar-refractivity contribution in [2.75, 3.05) is 40.0 Å². The first-order valence-electron chi connectivity index (χ1n) is 7.79. The summed E-state index contributed by atoms with van der Waals surface area (Å²) in [4.78, 5) is -0.0148. The molecule has 0 saturated carbocycles. The Bertz CT molecular complexity index is 704. The van der Waals surface area contributed by atoms with Gasteiger partial charge in [0.25, 0.3) is 0 Å². The van der Waals surface area contributed by atoms with Crippen LogP contribution in [0.3, 0.4) is 0 Å². The summed E-state index contributed by atoms with van der Waals surface area (Å²) in [5.41, 5.74) is -0.387. The van der Waals surface area contributed by atoms with Gasteiger partial charge in [0.2, 0.25) is 10.0 Å². The fourth-order valence-corrected chi connectivity index (χ4v) is 4.69. The van der Waals surface area contributed by atoms with Gasteiger partial charge in [0.1, 0.15) is 18.1 Å². The number of methoxy groups -OCH3 is 1. The molecule has 0 spiro atoms. The highest BCUT2D eigenvalue weighted by Crippen LogP contribution is 2.37. The summed E-state index contributed by atoms with van der Waals surface area (Å²) in [6.07, 6.45) is 1.83. The van der Waals surface area contributed by atoms with Crippen molar-refractivity contribution in [3.05, 3.63) is 17.2 Å². The summed E-state index contributed by atoms with van der Waals surface area (Å²) in [6.45, 7) is 2.30. The van der Waals surface area contributed by atoms with E-state index in [0.717, 1.165) is 19.4 Å². The molecule has 2 N–H and O–H groups in total. The minimum atomic E-state index is -3.78. The van der Waals surface area contributed by atoms with Gasteiger partial charge in [-0.3, -0.25) is 0 Å². The summed E-state index contributed by atoms with van der Waals surface area (Å²) < 4.78 is 44.1. The van der Waals surface area contributed by atoms with Crippen molar-refractivity contribution in [1.29, 1.82) is 0 Å². The molecule has 0 aromatic heterocycles. The van der Waals surface area contributed by atoms with E-state index in [1.54, 1.807) is 7.11 Å². The van der Waals surface area contributed by atoms with Gasteiger partial charge in [0, 0.05) is 25.8 Å². The Hall–Kier alpha value is -1.06. The van der Waals surface area contributed by atoms with Crippen LogP contribution < -0.4 is 19.5 Å². The fourth-order valence-electron chi connectivity index (χ4n) is 3.03. The maximum Gasteiger partial charge on any atom is 0.242 e. The summed E-state index contributed by atoms with van der Waals surface area (Å²) >= 11 is 6.14. The van der Waals surface area contributed by atoms with E-state index in [9.17, 15) is 8.42 Å². The molecule has 1 fully saturated rings. The lowest BCUT2D eigenvalue weighted by Gasteiger charge is -2.29. The smallest absolute Gasteiger partial charge is 0.242 e. The van der Waals surface area contributed by atoms with Crippen LogP contribution in [0.2, 0.25) is 5.02 Å². The zero-order chi connectivity index (χ0) is 17.2. The Morgan fingerprint density at radius 2 is 2.04 bits per heavy atom. The van der Waals surface area contributed by atoms with E-state index in [4.69, 9.17) is 25.8 Å². The van der Waals surface area contributed by atoms with Gasteiger partial charge in [-0.05, 0) is 19.4 Å². The predicted molar refractivity (Wildman–Crippen MR) is 89.5 cm³/mol. The molecule has 0 bridgehead atoms. The highest BCUT2D eigenvalue weighted by molar-refractivity contribution is 7.89. The quantitative estimate of drug-likeness (QED) is 0.774. The van der Waals surface area contributed by atoms with E-state index in [0.29, 0.717) is 31.3 Å². The number of rotatable bonds is 6. The molecule has 1 aromatic carbocycles. The van der Waals surface area contributed by atoms with E-state index in [1.807, 2.05) is 0 Å². The molecule has 0 amide bonds. The third-order valence-corrected chi connectivity index (χ3v) is 6.11. The average Bonchev–Trinajstić information content (AvgIpc) is 3.02. The van der Waals surface area contributed by atoms with Crippen LogP contribution in [0.15, 0.2) is 17.0 Å². The number of benzene rings is 1. The van der Waals surface area contributed by atoms with Crippen LogP contribution in [0.5, 0.6) is 11.5 Å². The van der Waals surface area contributed by atoms with Gasteiger partial charge < -0.3 is 19.5 Å². The second kappa shape index (κ2) is 7.05. The maximum absolute atomic E-state index is 12.7. The van der Waals surface area contributed by atoms with Gasteiger partial charge in [-0.1, -0.05) is 11.6 Å². The fraction of sp³-hybridized carbons (Fsp3) is 0.600. The Labute approximate surface area is 146 Å². The predicted octanol–water partition coefficient (Wildman–Crippen LogP) is 1.16. The molecule has 134 valence electrons. The number of halogens is 1. The van der Waals surface area contributed by atoms with Gasteiger partial charge in [-0.2, -0.15) is 0 Å². The number of ether oxygens (including phenoxy) is 3. The molecule has 7 nitrogen and oxygen atoms in total. The van der Waals surface area contributed by atoms with Crippen LogP contribution >= 0.6 is 11.6 Å². The summed E-state index contributed by atoms with van der Waals surface area (Å²) in [5.74, 6) is 0.843. The molecule has 2 heterocycles. The molecule has 1 unspecified atom stereocenters. The molecule has 3 rings (SSSR count). The Balaban J connectivity index is 1.80. The minimum absolute atomic E-state index is 0.0148. The molecular formula is C15H21ClN2O5S. The molecule has 0 radical (unpaired) electrons. The third kappa shape index (κ3) is 3.62. The molecule has 1 saturated heterocycles. The maximum atomic E-state index is 12.7. The van der Waals surface area contributed by atoms with Crippen molar-refractivity contribution in [3.8, 4) is 11.5 Å². The Kier molecular flexibility index (Phi) is 5.22. The lowest BCUT2D eigenvalue weighted by Crippen LogP contribution is -2.52. The first-order valence-corrected chi connectivity index (χ1v) is 9.65. The highest BCUT2D eigenvalue weighted by atomic mass is 35.5. The van der Waals surface area contributed by atoms with Crippen LogP contribution in [-0.4, -0.2) is 54.0 Å². The van der Waals surface area contributed by atoms with Crippen LogP contribution in [0.1, 0.15) is 12.8 Å². The zero-order valence-corrected chi connectivity index (χ0v) is 15.0. The summed E-state index contributed by atoms with van der Waals surface area (Å²) in [5, 5.41) is 3.43. The number of nitrogens with one attached hydrogen (secondary N) is 2.